The van der Waals surface area contributed by atoms with E-state index < -0.39 is 4.92 Å². The summed E-state index contributed by atoms with van der Waals surface area (Å²) < 4.78 is 2.03. The Balaban J connectivity index is 2.08. The summed E-state index contributed by atoms with van der Waals surface area (Å²) in [5.41, 5.74) is 4.76. The van der Waals surface area contributed by atoms with Crippen molar-refractivity contribution < 1.29 is 4.92 Å². The monoisotopic (exact) mass is 315 g/mol. The van der Waals surface area contributed by atoms with Gasteiger partial charge in [0, 0.05) is 29.9 Å². The van der Waals surface area contributed by atoms with Crippen molar-refractivity contribution in [2.24, 2.45) is 0 Å². The molecule has 0 spiro atoms. The zero-order valence-corrected chi connectivity index (χ0v) is 12.8. The number of hydrogen-bond acceptors (Lipinski definition) is 3. The van der Waals surface area contributed by atoms with Crippen LogP contribution < -0.4 is 0 Å². The van der Waals surface area contributed by atoms with Crippen LogP contribution in [0.5, 0.6) is 0 Å². The smallest absolute Gasteiger partial charge is 0.277 e. The van der Waals surface area contributed by atoms with Gasteiger partial charge >= 0.3 is 0 Å². The minimum absolute atomic E-state index is 0.0195. The molecule has 0 aliphatic carbocycles. The fraction of sp³-hybridized carbons (Fsp3) is 0.105. The lowest BCUT2D eigenvalue weighted by Crippen LogP contribution is -2.10. The normalized spacial score (nSPS) is 12.1. The lowest BCUT2D eigenvalue weighted by atomic mass is 9.92. The molecule has 0 unspecified atom stereocenters. The standard InChI is InChI=1S/C19H13N3O2/c20-11-14-12-21-10-9-13-5-1-2-6-15(13)19(21)18(14)16-7-3-4-8-17(16)22(23)24/h1-8,12H,9-10H2. The molecule has 0 atom stereocenters. The van der Waals surface area contributed by atoms with Crippen LogP contribution in [-0.2, 0) is 13.0 Å². The Morgan fingerprint density at radius 1 is 1.08 bits per heavy atom. The SMILES string of the molecule is N#Cc1cn2c(c1-c1ccccc1[N+](=O)[O-])-c1ccccc1CC2. The summed E-state index contributed by atoms with van der Waals surface area (Å²) >= 11 is 0. The van der Waals surface area contributed by atoms with E-state index in [9.17, 15) is 15.4 Å². The van der Waals surface area contributed by atoms with Crippen molar-refractivity contribution in [3.05, 3.63) is 76.0 Å². The van der Waals surface area contributed by atoms with Crippen molar-refractivity contribution in [1.29, 1.82) is 5.26 Å². The Kier molecular flexibility index (Phi) is 3.17. The summed E-state index contributed by atoms with van der Waals surface area (Å²) in [5, 5.41) is 21.0. The first-order valence-electron chi connectivity index (χ1n) is 7.66. The molecule has 5 nitrogen and oxygen atoms in total. The second-order valence-electron chi connectivity index (χ2n) is 5.75. The molecule has 0 radical (unpaired) electrons. The molecule has 24 heavy (non-hydrogen) atoms. The topological polar surface area (TPSA) is 71.9 Å². The Morgan fingerprint density at radius 3 is 2.54 bits per heavy atom. The Labute approximate surface area is 138 Å². The van der Waals surface area contributed by atoms with Gasteiger partial charge in [0.2, 0.25) is 0 Å². The third kappa shape index (κ3) is 2.01. The van der Waals surface area contributed by atoms with Crippen LogP contribution in [0, 0.1) is 21.4 Å². The molecule has 2 heterocycles. The predicted molar refractivity (Wildman–Crippen MR) is 90.4 cm³/mol. The van der Waals surface area contributed by atoms with Crippen LogP contribution >= 0.6 is 0 Å². The molecule has 1 aromatic heterocycles. The number of nitrogens with zero attached hydrogens (tertiary/aromatic N) is 3. The first kappa shape index (κ1) is 14.2. The maximum Gasteiger partial charge on any atom is 0.277 e. The molecule has 0 saturated heterocycles. The molecule has 4 rings (SSSR count). The summed E-state index contributed by atoms with van der Waals surface area (Å²) in [4.78, 5) is 11.1. The third-order valence-electron chi connectivity index (χ3n) is 4.46. The molecule has 0 fully saturated rings. The molecule has 0 saturated carbocycles. The van der Waals surface area contributed by atoms with Crippen LogP contribution in [0.2, 0.25) is 0 Å². The zero-order valence-electron chi connectivity index (χ0n) is 12.8. The Bertz CT molecular complexity index is 1010. The number of nitriles is 1. The number of benzene rings is 2. The van der Waals surface area contributed by atoms with Gasteiger partial charge in [-0.2, -0.15) is 5.26 Å². The molecular formula is C19H13N3O2. The van der Waals surface area contributed by atoms with Crippen molar-refractivity contribution in [2.75, 3.05) is 0 Å². The average Bonchev–Trinajstić information content (AvgIpc) is 3.00. The van der Waals surface area contributed by atoms with E-state index in [0.29, 0.717) is 16.7 Å². The van der Waals surface area contributed by atoms with Gasteiger partial charge in [-0.15, -0.1) is 0 Å². The van der Waals surface area contributed by atoms with Crippen molar-refractivity contribution in [1.82, 2.24) is 4.57 Å². The number of aromatic nitrogens is 1. The second-order valence-corrected chi connectivity index (χ2v) is 5.75. The Hall–Kier alpha value is -3.39. The zero-order chi connectivity index (χ0) is 16.7. The number of nitro groups is 1. The van der Waals surface area contributed by atoms with Crippen LogP contribution in [0.3, 0.4) is 0 Å². The lowest BCUT2D eigenvalue weighted by molar-refractivity contribution is -0.384. The van der Waals surface area contributed by atoms with Gasteiger partial charge in [-0.3, -0.25) is 10.1 Å². The molecule has 0 amide bonds. The van der Waals surface area contributed by atoms with Crippen LogP contribution in [0.25, 0.3) is 22.4 Å². The fourth-order valence-electron chi connectivity index (χ4n) is 3.43. The highest BCUT2D eigenvalue weighted by Gasteiger charge is 2.27. The number of fused-ring (bicyclic) bond motifs is 3. The lowest BCUT2D eigenvalue weighted by Gasteiger charge is -2.20. The first-order valence-corrected chi connectivity index (χ1v) is 7.66. The van der Waals surface area contributed by atoms with E-state index in [1.54, 1.807) is 24.4 Å². The molecule has 5 heteroatoms. The van der Waals surface area contributed by atoms with Crippen LogP contribution in [0.4, 0.5) is 5.69 Å². The van der Waals surface area contributed by atoms with E-state index in [4.69, 9.17) is 0 Å². The van der Waals surface area contributed by atoms with Gasteiger partial charge in [0.25, 0.3) is 5.69 Å². The number of nitro benzene ring substituents is 1. The number of hydrogen-bond donors (Lipinski definition) is 0. The molecule has 0 bridgehead atoms. The fourth-order valence-corrected chi connectivity index (χ4v) is 3.43. The molecule has 1 aliphatic rings. The highest BCUT2D eigenvalue weighted by molar-refractivity contribution is 5.91. The van der Waals surface area contributed by atoms with Crippen LogP contribution in [-0.4, -0.2) is 9.49 Å². The van der Waals surface area contributed by atoms with Crippen molar-refractivity contribution in [3.8, 4) is 28.5 Å². The van der Waals surface area contributed by atoms with Gasteiger partial charge in [0.15, 0.2) is 0 Å². The van der Waals surface area contributed by atoms with Crippen molar-refractivity contribution in [2.45, 2.75) is 13.0 Å². The molecule has 3 aromatic rings. The average molecular weight is 315 g/mol. The van der Waals surface area contributed by atoms with Gasteiger partial charge in [0.05, 0.1) is 21.7 Å². The highest BCUT2D eigenvalue weighted by Crippen LogP contribution is 2.43. The third-order valence-corrected chi connectivity index (χ3v) is 4.46. The molecular weight excluding hydrogens is 302 g/mol. The number of para-hydroxylation sites is 1. The van der Waals surface area contributed by atoms with Gasteiger partial charge in [-0.25, -0.2) is 0 Å². The summed E-state index contributed by atoms with van der Waals surface area (Å²) in [6.07, 6.45) is 2.69. The second kappa shape index (κ2) is 5.36. The summed E-state index contributed by atoms with van der Waals surface area (Å²) in [7, 11) is 0. The van der Waals surface area contributed by atoms with E-state index >= 15 is 0 Å². The first-order chi connectivity index (χ1) is 11.7. The van der Waals surface area contributed by atoms with Gasteiger partial charge in [-0.1, -0.05) is 36.4 Å². The van der Waals surface area contributed by atoms with Crippen LogP contribution in [0.1, 0.15) is 11.1 Å². The van der Waals surface area contributed by atoms with E-state index in [0.717, 1.165) is 24.2 Å². The van der Waals surface area contributed by atoms with E-state index in [1.165, 1.54) is 11.6 Å². The largest absolute Gasteiger partial charge is 0.345 e. The summed E-state index contributed by atoms with van der Waals surface area (Å²) in [6.45, 7) is 0.766. The number of aryl methyl sites for hydroxylation is 2. The summed E-state index contributed by atoms with van der Waals surface area (Å²) in [6, 6.07) is 16.8. The maximum absolute atomic E-state index is 11.4. The van der Waals surface area contributed by atoms with Gasteiger partial charge in [0.1, 0.15) is 6.07 Å². The number of rotatable bonds is 2. The summed E-state index contributed by atoms with van der Waals surface area (Å²) in [5.74, 6) is 0. The highest BCUT2D eigenvalue weighted by atomic mass is 16.6. The van der Waals surface area contributed by atoms with Crippen molar-refractivity contribution >= 4 is 5.69 Å². The quantitative estimate of drug-likeness (QED) is 0.526. The molecule has 2 aromatic carbocycles. The van der Waals surface area contributed by atoms with Gasteiger partial charge < -0.3 is 4.57 Å². The molecule has 116 valence electrons. The van der Waals surface area contributed by atoms with E-state index in [-0.39, 0.29) is 5.69 Å². The Morgan fingerprint density at radius 2 is 1.79 bits per heavy atom. The molecule has 1 aliphatic heterocycles. The van der Waals surface area contributed by atoms with Crippen LogP contribution in [0.15, 0.2) is 54.7 Å². The van der Waals surface area contributed by atoms with E-state index in [1.807, 2.05) is 22.8 Å². The van der Waals surface area contributed by atoms with E-state index in [2.05, 4.69) is 12.1 Å². The minimum atomic E-state index is -0.394. The van der Waals surface area contributed by atoms with Crippen molar-refractivity contribution in [3.63, 3.8) is 0 Å². The molecule has 0 N–H and O–H groups in total. The minimum Gasteiger partial charge on any atom is -0.345 e. The maximum atomic E-state index is 11.4. The predicted octanol–water partition coefficient (Wildman–Crippen LogP) is 4.16. The van der Waals surface area contributed by atoms with Gasteiger partial charge in [-0.05, 0) is 18.1 Å².